The van der Waals surface area contributed by atoms with Crippen molar-refractivity contribution >= 4 is 37.7 Å². The summed E-state index contributed by atoms with van der Waals surface area (Å²) < 4.78 is 38.8. The van der Waals surface area contributed by atoms with E-state index in [1.807, 2.05) is 0 Å². The molecule has 0 nitrogen and oxygen atoms in total. The Morgan fingerprint density at radius 1 is 1.00 bits per heavy atom. The van der Waals surface area contributed by atoms with Crippen molar-refractivity contribution in [2.24, 2.45) is 0 Å². The van der Waals surface area contributed by atoms with E-state index in [9.17, 15) is 17.6 Å². The number of hydrogen-bond acceptors (Lipinski definition) is 0. The van der Waals surface area contributed by atoms with Crippen molar-refractivity contribution < 1.29 is 20.4 Å². The summed E-state index contributed by atoms with van der Waals surface area (Å²) in [6.07, 6.45) is -5.50. The summed E-state index contributed by atoms with van der Waals surface area (Å²) in [6, 6.07) is 0. The van der Waals surface area contributed by atoms with E-state index in [-0.39, 0.29) is 40.6 Å². The maximum atomic E-state index is 9.69. The van der Waals surface area contributed by atoms with E-state index in [0.717, 1.165) is 0 Å². The average molecular weight is 130 g/mol. The third kappa shape index (κ3) is 82.2. The van der Waals surface area contributed by atoms with E-state index in [4.69, 9.17) is 0 Å². The third-order valence-electron chi connectivity index (χ3n) is 0. The summed E-state index contributed by atoms with van der Waals surface area (Å²) in [5.41, 5.74) is 0. The van der Waals surface area contributed by atoms with Crippen molar-refractivity contribution in [3.63, 3.8) is 0 Å². The van der Waals surface area contributed by atoms with Crippen LogP contribution in [0, 0.1) is 0 Å². The molecule has 0 atom stereocenters. The van der Waals surface area contributed by atoms with Gasteiger partial charge in [-0.2, -0.15) is 0 Å². The molecule has 0 aromatic heterocycles. The molecule has 0 fully saturated rings. The molecule has 0 spiro atoms. The quantitative estimate of drug-likeness (QED) is 0.342. The van der Waals surface area contributed by atoms with Gasteiger partial charge < -0.3 is 2.85 Å². The zero-order valence-electron chi connectivity index (χ0n) is 4.72. The van der Waals surface area contributed by atoms with E-state index < -0.39 is 6.43 Å². The van der Waals surface area contributed by atoms with Gasteiger partial charge in [-0.15, -0.1) is 17.6 Å². The summed E-state index contributed by atoms with van der Waals surface area (Å²) in [6.45, 7) is 0. The average Bonchev–Trinajstić information content (AvgIpc) is 0.722. The molecule has 0 aliphatic carbocycles. The van der Waals surface area contributed by atoms with Gasteiger partial charge in [-0.1, -0.05) is 0 Å². The zero-order chi connectivity index (χ0) is 4.50. The minimum Gasteiger partial charge on any atom is -1.00 e. The van der Waals surface area contributed by atoms with Crippen molar-refractivity contribution in [1.29, 1.82) is 0 Å². The summed E-state index contributed by atoms with van der Waals surface area (Å²) in [7, 11) is 0. The Balaban J connectivity index is -0.0000000267. The summed E-state index contributed by atoms with van der Waals surface area (Å²) in [5.74, 6) is 0. The fraction of sp³-hybridized carbons (Fsp3) is 1.00. The second-order valence-electron chi connectivity index (χ2n) is 0.429. The molecule has 0 radical (unpaired) electrons. The number of alkyl halides is 4. The van der Waals surface area contributed by atoms with Gasteiger partial charge >= 0.3 is 44.2 Å². The van der Waals surface area contributed by atoms with Crippen LogP contribution in [0.3, 0.4) is 0 Å². The predicted molar refractivity (Wildman–Crippen MR) is 15.1 cm³/mol. The Morgan fingerprint density at radius 3 is 1.00 bits per heavy atom. The van der Waals surface area contributed by atoms with Crippen LogP contribution < -0.4 is 0 Å². The van der Waals surface area contributed by atoms with Crippen LogP contribution >= 0.6 is 0 Å². The topological polar surface area (TPSA) is 0 Å². The van der Waals surface area contributed by atoms with Crippen molar-refractivity contribution in [1.82, 2.24) is 0 Å². The molecule has 6 heavy (non-hydrogen) atoms. The van der Waals surface area contributed by atoms with E-state index in [2.05, 4.69) is 0 Å². The van der Waals surface area contributed by atoms with E-state index in [1.54, 1.807) is 0 Å². The summed E-state index contributed by atoms with van der Waals surface area (Å²) in [5, 5.41) is 0. The predicted octanol–water partition coefficient (Wildman–Crippen LogP) is 1.32. The van der Waals surface area contributed by atoms with Crippen LogP contribution in [0.25, 0.3) is 0 Å². The van der Waals surface area contributed by atoms with Crippen LogP contribution in [-0.2, 0) is 0 Å². The van der Waals surface area contributed by atoms with E-state index in [0.29, 0.717) is 0 Å². The molecule has 0 aliphatic rings. The van der Waals surface area contributed by atoms with Crippen LogP contribution in [0.2, 0.25) is 0 Å². The minimum absolute atomic E-state index is 0. The molecule has 5 heteroatoms. The van der Waals surface area contributed by atoms with Gasteiger partial charge in [-0.05, 0) is 0 Å². The first kappa shape index (κ1) is 10.1. The maximum Gasteiger partial charge on any atom is 2.00 e. The van der Waals surface area contributed by atoms with E-state index in [1.165, 1.54) is 0 Å². The normalized spacial score (nSPS) is 10.0. The number of hydrogen-bond donors (Lipinski definition) is 0. The minimum atomic E-state index is -5.50. The zero-order valence-corrected chi connectivity index (χ0v) is 4.93. The Kier molecular flexibility index (Phi) is 5.11. The molecule has 0 N–H and O–H groups in total. The maximum absolute atomic E-state index is 9.69. The second-order valence-corrected chi connectivity index (χ2v) is 0.429. The molecule has 0 aliphatic heterocycles. The SMILES string of the molecule is FC(F)(F)F.[Ca+2].[H-].[H-]. The van der Waals surface area contributed by atoms with E-state index >= 15 is 0 Å². The van der Waals surface area contributed by atoms with Crippen molar-refractivity contribution in [2.45, 2.75) is 6.43 Å². The van der Waals surface area contributed by atoms with Crippen LogP contribution in [0.15, 0.2) is 0 Å². The first-order valence-corrected chi connectivity index (χ1v) is 0.756. The molecule has 0 bridgehead atoms. The molecule has 36 valence electrons. The summed E-state index contributed by atoms with van der Waals surface area (Å²) in [4.78, 5) is 0. The monoisotopic (exact) mass is 130 g/mol. The Bertz CT molecular complexity index is 29.5. The van der Waals surface area contributed by atoms with Gasteiger partial charge in [0.1, 0.15) is 0 Å². The van der Waals surface area contributed by atoms with Crippen LogP contribution in [0.4, 0.5) is 17.6 Å². The third-order valence-corrected chi connectivity index (χ3v) is 0. The number of rotatable bonds is 0. The van der Waals surface area contributed by atoms with Gasteiger partial charge in [0.15, 0.2) is 0 Å². The second kappa shape index (κ2) is 3.04. The molecular weight excluding hydrogens is 128 g/mol. The Morgan fingerprint density at radius 2 is 1.00 bits per heavy atom. The standard InChI is InChI=1S/CF4.Ca.2H/c2-1(3,4)5;;;/q;+2;2*-1. The smallest absolute Gasteiger partial charge is 1.00 e. The van der Waals surface area contributed by atoms with Gasteiger partial charge in [0, 0.05) is 0 Å². The van der Waals surface area contributed by atoms with Gasteiger partial charge in [0.25, 0.3) is 0 Å². The molecule has 0 saturated heterocycles. The first-order valence-electron chi connectivity index (χ1n) is 0.756. The fourth-order valence-electron chi connectivity index (χ4n) is 0. The molecule has 0 aromatic carbocycles. The molecule has 0 heterocycles. The van der Waals surface area contributed by atoms with Crippen molar-refractivity contribution in [2.75, 3.05) is 0 Å². The largest absolute Gasteiger partial charge is 2.00 e. The first-order chi connectivity index (χ1) is 2.00. The van der Waals surface area contributed by atoms with Crippen LogP contribution in [0.5, 0.6) is 0 Å². The molecule has 0 rings (SSSR count). The fourth-order valence-corrected chi connectivity index (χ4v) is 0. The Labute approximate surface area is 64.5 Å². The molecule has 0 aromatic rings. The van der Waals surface area contributed by atoms with Crippen molar-refractivity contribution in [3.05, 3.63) is 0 Å². The molecule has 0 amide bonds. The molecular formula is CH2CaF4. The van der Waals surface area contributed by atoms with Crippen molar-refractivity contribution in [3.8, 4) is 0 Å². The number of halogens is 4. The van der Waals surface area contributed by atoms with Gasteiger partial charge in [-0.25, -0.2) is 0 Å². The van der Waals surface area contributed by atoms with Gasteiger partial charge in [0.2, 0.25) is 0 Å². The molecule has 0 saturated carbocycles. The summed E-state index contributed by atoms with van der Waals surface area (Å²) >= 11 is 0. The van der Waals surface area contributed by atoms with Crippen LogP contribution in [-0.4, -0.2) is 44.2 Å². The van der Waals surface area contributed by atoms with Gasteiger partial charge in [-0.3, -0.25) is 0 Å². The van der Waals surface area contributed by atoms with Gasteiger partial charge in [0.05, 0.1) is 0 Å². The Hall–Kier alpha value is 0.980. The molecule has 0 unspecified atom stereocenters. The van der Waals surface area contributed by atoms with Crippen LogP contribution in [0.1, 0.15) is 2.85 Å².